The van der Waals surface area contributed by atoms with Gasteiger partial charge in [0.1, 0.15) is 17.3 Å². The summed E-state index contributed by atoms with van der Waals surface area (Å²) in [6.45, 7) is 1.78. The number of ether oxygens (including phenoxy) is 2. The van der Waals surface area contributed by atoms with Crippen molar-refractivity contribution < 1.29 is 18.7 Å². The zero-order valence-electron chi connectivity index (χ0n) is 16.5. The summed E-state index contributed by atoms with van der Waals surface area (Å²) in [6.07, 6.45) is 0. The average Bonchev–Trinajstić information content (AvgIpc) is 3.16. The molecule has 0 unspecified atom stereocenters. The molecule has 0 aliphatic heterocycles. The maximum absolute atomic E-state index is 12.1. The molecule has 0 saturated carbocycles. The van der Waals surface area contributed by atoms with Gasteiger partial charge in [0.15, 0.2) is 10.9 Å². The van der Waals surface area contributed by atoms with Crippen LogP contribution in [0.5, 0.6) is 11.5 Å². The molecule has 1 heterocycles. The summed E-state index contributed by atoms with van der Waals surface area (Å²) in [5.41, 5.74) is 1.96. The van der Waals surface area contributed by atoms with Gasteiger partial charge in [0.25, 0.3) is 5.91 Å². The quantitative estimate of drug-likeness (QED) is 0.443. The van der Waals surface area contributed by atoms with Crippen molar-refractivity contribution in [1.29, 1.82) is 0 Å². The summed E-state index contributed by atoms with van der Waals surface area (Å²) < 4.78 is 15.9. The zero-order valence-corrected chi connectivity index (χ0v) is 18.1. The molecule has 1 aromatic heterocycles. The Hall–Kier alpha value is -3.23. The lowest BCUT2D eigenvalue weighted by atomic mass is 10.2. The number of rotatable bonds is 6. The van der Waals surface area contributed by atoms with Gasteiger partial charge in [-0.15, -0.1) is 0 Å². The van der Waals surface area contributed by atoms with Gasteiger partial charge in [0.2, 0.25) is 0 Å². The Labute approximate surface area is 184 Å². The molecule has 3 N–H and O–H groups in total. The van der Waals surface area contributed by atoms with Crippen molar-refractivity contribution in [2.45, 2.75) is 6.92 Å². The second kappa shape index (κ2) is 9.51. The number of benzene rings is 2. The normalized spacial score (nSPS) is 10.3. The molecule has 0 bridgehead atoms. The van der Waals surface area contributed by atoms with Gasteiger partial charge >= 0.3 is 0 Å². The maximum Gasteiger partial charge on any atom is 0.291 e. The fraction of sp³-hybridized carbons (Fsp3) is 0.143. The van der Waals surface area contributed by atoms with E-state index in [4.69, 9.17) is 37.7 Å². The molecule has 3 aromatic rings. The predicted molar refractivity (Wildman–Crippen MR) is 122 cm³/mol. The van der Waals surface area contributed by atoms with Crippen LogP contribution in [0.4, 0.5) is 17.1 Å². The Morgan fingerprint density at radius 3 is 2.13 bits per heavy atom. The van der Waals surface area contributed by atoms with E-state index in [1.54, 1.807) is 62.6 Å². The van der Waals surface area contributed by atoms with E-state index in [0.29, 0.717) is 38.8 Å². The molecule has 30 heavy (non-hydrogen) atoms. The third-order valence-corrected chi connectivity index (χ3v) is 4.59. The maximum atomic E-state index is 12.1. The molecular weight excluding hydrogens is 426 g/mol. The van der Waals surface area contributed by atoms with E-state index in [2.05, 4.69) is 16.0 Å². The van der Waals surface area contributed by atoms with Crippen LogP contribution in [0.1, 0.15) is 16.3 Å². The number of hydrogen-bond donors (Lipinski definition) is 3. The number of nitrogens with one attached hydrogen (secondary N) is 3. The van der Waals surface area contributed by atoms with Gasteiger partial charge in [-0.2, -0.15) is 0 Å². The lowest BCUT2D eigenvalue weighted by Crippen LogP contribution is -2.19. The Kier molecular flexibility index (Phi) is 6.81. The van der Waals surface area contributed by atoms with Gasteiger partial charge in [-0.3, -0.25) is 4.79 Å². The predicted octanol–water partition coefficient (Wildman–Crippen LogP) is 5.32. The van der Waals surface area contributed by atoms with E-state index in [0.717, 1.165) is 5.69 Å². The van der Waals surface area contributed by atoms with Crippen LogP contribution in [0, 0.1) is 6.92 Å². The fourth-order valence-corrected chi connectivity index (χ4v) is 3.10. The van der Waals surface area contributed by atoms with E-state index in [1.165, 1.54) is 7.11 Å². The first-order chi connectivity index (χ1) is 14.4. The number of carbonyl (C=O) groups excluding carboxylic acids is 1. The van der Waals surface area contributed by atoms with Crippen LogP contribution in [0.25, 0.3) is 0 Å². The highest BCUT2D eigenvalue weighted by atomic mass is 35.5. The Balaban J connectivity index is 1.62. The SMILES string of the molecule is COc1cc(OC)c(NC(=S)Nc2ccc(NC(=O)c3ccc(C)o3)cc2)cc1Cl. The van der Waals surface area contributed by atoms with Crippen molar-refractivity contribution in [3.8, 4) is 11.5 Å². The zero-order chi connectivity index (χ0) is 21.7. The van der Waals surface area contributed by atoms with Crippen molar-refractivity contribution >= 4 is 51.9 Å². The third-order valence-electron chi connectivity index (χ3n) is 4.09. The number of thiocarbonyl (C=S) groups is 1. The lowest BCUT2D eigenvalue weighted by molar-refractivity contribution is 0.0995. The van der Waals surface area contributed by atoms with Crippen molar-refractivity contribution in [3.63, 3.8) is 0 Å². The third kappa shape index (κ3) is 5.22. The Morgan fingerprint density at radius 2 is 1.57 bits per heavy atom. The first-order valence-electron chi connectivity index (χ1n) is 8.87. The van der Waals surface area contributed by atoms with Gasteiger partial charge in [0.05, 0.1) is 24.9 Å². The van der Waals surface area contributed by atoms with Crippen LogP contribution < -0.4 is 25.4 Å². The summed E-state index contributed by atoms with van der Waals surface area (Å²) in [5.74, 6) is 1.65. The van der Waals surface area contributed by atoms with Gasteiger partial charge in [-0.25, -0.2) is 0 Å². The molecule has 0 spiro atoms. The molecule has 0 aliphatic rings. The van der Waals surface area contributed by atoms with E-state index >= 15 is 0 Å². The van der Waals surface area contributed by atoms with Crippen LogP contribution in [-0.4, -0.2) is 25.2 Å². The van der Waals surface area contributed by atoms with Crippen LogP contribution >= 0.6 is 23.8 Å². The molecule has 0 atom stereocenters. The van der Waals surface area contributed by atoms with Crippen molar-refractivity contribution in [2.75, 3.05) is 30.2 Å². The van der Waals surface area contributed by atoms with Crippen LogP contribution in [-0.2, 0) is 0 Å². The van der Waals surface area contributed by atoms with Crippen molar-refractivity contribution in [3.05, 3.63) is 65.1 Å². The number of anilines is 3. The lowest BCUT2D eigenvalue weighted by Gasteiger charge is -2.15. The molecule has 0 radical (unpaired) electrons. The van der Waals surface area contributed by atoms with Crippen LogP contribution in [0.15, 0.2) is 52.9 Å². The first-order valence-corrected chi connectivity index (χ1v) is 9.65. The summed E-state index contributed by atoms with van der Waals surface area (Å²) in [6, 6.07) is 13.8. The molecular formula is C21H20ClN3O4S. The highest BCUT2D eigenvalue weighted by Gasteiger charge is 2.12. The molecule has 156 valence electrons. The second-order valence-corrected chi connectivity index (χ2v) is 7.02. The smallest absolute Gasteiger partial charge is 0.291 e. The molecule has 2 aromatic carbocycles. The van der Waals surface area contributed by atoms with Gasteiger partial charge in [-0.1, -0.05) is 11.6 Å². The van der Waals surface area contributed by atoms with Gasteiger partial charge < -0.3 is 29.8 Å². The van der Waals surface area contributed by atoms with Gasteiger partial charge in [-0.05, 0) is 61.6 Å². The highest BCUT2D eigenvalue weighted by molar-refractivity contribution is 7.80. The molecule has 7 nitrogen and oxygen atoms in total. The molecule has 0 fully saturated rings. The summed E-state index contributed by atoms with van der Waals surface area (Å²) in [4.78, 5) is 12.1. The number of furan rings is 1. The molecule has 0 aliphatic carbocycles. The summed E-state index contributed by atoms with van der Waals surface area (Å²) in [5, 5.41) is 9.65. The average molecular weight is 446 g/mol. The number of hydrogen-bond acceptors (Lipinski definition) is 5. The minimum atomic E-state index is -0.315. The van der Waals surface area contributed by atoms with E-state index in [-0.39, 0.29) is 11.7 Å². The Morgan fingerprint density at radius 1 is 0.933 bits per heavy atom. The number of aryl methyl sites for hydroxylation is 1. The van der Waals surface area contributed by atoms with E-state index < -0.39 is 0 Å². The number of methoxy groups -OCH3 is 2. The summed E-state index contributed by atoms with van der Waals surface area (Å²) >= 11 is 11.5. The standard InChI is InChI=1S/C21H20ClN3O4S/c1-12-4-9-17(29-12)20(26)23-13-5-7-14(8-6-13)24-21(30)25-16-10-15(22)18(27-2)11-19(16)28-3/h4-11H,1-3H3,(H,23,26)(H2,24,25,30). The van der Waals surface area contributed by atoms with E-state index in [9.17, 15) is 4.79 Å². The van der Waals surface area contributed by atoms with Crippen molar-refractivity contribution in [2.24, 2.45) is 0 Å². The topological polar surface area (TPSA) is 84.8 Å². The monoisotopic (exact) mass is 445 g/mol. The number of amides is 1. The number of halogens is 1. The van der Waals surface area contributed by atoms with E-state index in [1.807, 2.05) is 0 Å². The van der Waals surface area contributed by atoms with Crippen molar-refractivity contribution in [1.82, 2.24) is 0 Å². The number of carbonyl (C=O) groups is 1. The Bertz CT molecular complexity index is 1070. The second-order valence-electron chi connectivity index (χ2n) is 6.21. The molecule has 1 amide bonds. The molecule has 0 saturated heterocycles. The van der Waals surface area contributed by atoms with Crippen LogP contribution in [0.2, 0.25) is 5.02 Å². The summed E-state index contributed by atoms with van der Waals surface area (Å²) in [7, 11) is 3.07. The first kappa shape index (κ1) is 21.5. The largest absolute Gasteiger partial charge is 0.495 e. The van der Waals surface area contributed by atoms with Gasteiger partial charge in [0, 0.05) is 17.4 Å². The minimum absolute atomic E-state index is 0.257. The fourth-order valence-electron chi connectivity index (χ4n) is 2.63. The van der Waals surface area contributed by atoms with Crippen LogP contribution in [0.3, 0.4) is 0 Å². The minimum Gasteiger partial charge on any atom is -0.495 e. The highest BCUT2D eigenvalue weighted by Crippen LogP contribution is 2.36. The molecule has 9 heteroatoms. The molecule has 3 rings (SSSR count).